The molecule has 0 unspecified atom stereocenters. The Bertz CT molecular complexity index is 486. The van der Waals surface area contributed by atoms with Crippen molar-refractivity contribution >= 4 is 42.0 Å². The number of aliphatic imine (C=N–C) groups is 1. The molecule has 1 amide bonds. The van der Waals surface area contributed by atoms with Crippen LogP contribution in [0.5, 0.6) is 0 Å². The summed E-state index contributed by atoms with van der Waals surface area (Å²) in [6.45, 7) is 8.11. The van der Waals surface area contributed by atoms with Crippen LogP contribution < -0.4 is 5.32 Å². The van der Waals surface area contributed by atoms with Crippen molar-refractivity contribution < 1.29 is 19.1 Å². The second-order valence-corrected chi connectivity index (χ2v) is 7.16. The van der Waals surface area contributed by atoms with Gasteiger partial charge in [-0.3, -0.25) is 9.79 Å². The van der Waals surface area contributed by atoms with Gasteiger partial charge in [-0.25, -0.2) is 4.79 Å². The number of ether oxygens (including phenoxy) is 2. The number of nitrogens with one attached hydrogen (secondary N) is 1. The number of hydrogen-bond donors (Lipinski definition) is 1. The Balaban J connectivity index is 0.00000625. The van der Waals surface area contributed by atoms with Gasteiger partial charge in [-0.05, 0) is 33.6 Å². The van der Waals surface area contributed by atoms with Crippen LogP contribution >= 0.6 is 24.0 Å². The number of hydrogen-bond acceptors (Lipinski definition) is 5. The summed E-state index contributed by atoms with van der Waals surface area (Å²) in [7, 11) is 4.86. The summed E-state index contributed by atoms with van der Waals surface area (Å²) in [5, 5.41) is 3.26. The minimum absolute atomic E-state index is 0. The van der Waals surface area contributed by atoms with Crippen molar-refractivity contribution in [3.63, 3.8) is 0 Å². The molecule has 1 aliphatic rings. The van der Waals surface area contributed by atoms with Gasteiger partial charge in [0.1, 0.15) is 5.60 Å². The van der Waals surface area contributed by atoms with E-state index in [9.17, 15) is 9.59 Å². The molecule has 1 heterocycles. The lowest BCUT2D eigenvalue weighted by Crippen LogP contribution is -2.48. The van der Waals surface area contributed by atoms with Crippen molar-refractivity contribution in [2.75, 3.05) is 47.4 Å². The zero-order valence-corrected chi connectivity index (χ0v) is 19.0. The topological polar surface area (TPSA) is 83.5 Å². The molecule has 1 aliphatic heterocycles. The van der Waals surface area contributed by atoms with Crippen LogP contribution in [0.1, 0.15) is 33.6 Å². The number of nitrogens with zero attached hydrogens (tertiary/aromatic N) is 3. The molecular formula is C17H33IN4O4. The Morgan fingerprint density at radius 2 is 1.85 bits per heavy atom. The van der Waals surface area contributed by atoms with Crippen LogP contribution in [0.3, 0.4) is 0 Å². The smallest absolute Gasteiger partial charge is 0.410 e. The van der Waals surface area contributed by atoms with Crippen LogP contribution in [0.25, 0.3) is 0 Å². The number of amides is 1. The van der Waals surface area contributed by atoms with Gasteiger partial charge in [0.25, 0.3) is 0 Å². The van der Waals surface area contributed by atoms with Gasteiger partial charge in [-0.2, -0.15) is 0 Å². The maximum atomic E-state index is 11.9. The van der Waals surface area contributed by atoms with E-state index in [0.717, 1.165) is 31.9 Å². The third-order valence-corrected chi connectivity index (χ3v) is 3.98. The zero-order chi connectivity index (χ0) is 19.0. The normalized spacial score (nSPS) is 15.8. The first-order chi connectivity index (χ1) is 11.7. The summed E-state index contributed by atoms with van der Waals surface area (Å²) in [5.41, 5.74) is -0.501. The molecule has 0 saturated carbocycles. The Morgan fingerprint density at radius 1 is 1.27 bits per heavy atom. The standard InChI is InChI=1S/C17H32N4O4.HI/c1-17(2,3)25-16(23)20(5)12-9-19-15(18-4)21-10-7-13(8-11-21)14(22)24-6;/h13H,7-12H2,1-6H3,(H,18,19);1H. The largest absolute Gasteiger partial charge is 0.469 e. The van der Waals surface area contributed by atoms with E-state index in [1.807, 2.05) is 20.8 Å². The Kier molecular flexibility index (Phi) is 10.9. The van der Waals surface area contributed by atoms with E-state index in [4.69, 9.17) is 9.47 Å². The highest BCUT2D eigenvalue weighted by Gasteiger charge is 2.27. The summed E-state index contributed by atoms with van der Waals surface area (Å²) < 4.78 is 10.1. The number of piperidine rings is 1. The average molecular weight is 484 g/mol. The summed E-state index contributed by atoms with van der Waals surface area (Å²) in [6, 6.07) is 0. The number of guanidine groups is 1. The van der Waals surface area contributed by atoms with Crippen LogP contribution in [-0.4, -0.2) is 80.8 Å². The lowest BCUT2D eigenvalue weighted by Gasteiger charge is -2.33. The number of esters is 1. The quantitative estimate of drug-likeness (QED) is 0.284. The van der Waals surface area contributed by atoms with Crippen LogP contribution in [0.2, 0.25) is 0 Å². The van der Waals surface area contributed by atoms with Gasteiger partial charge < -0.3 is 24.6 Å². The first-order valence-electron chi connectivity index (χ1n) is 8.65. The van der Waals surface area contributed by atoms with E-state index in [1.54, 1.807) is 14.1 Å². The molecule has 26 heavy (non-hydrogen) atoms. The lowest BCUT2D eigenvalue weighted by molar-refractivity contribution is -0.146. The molecule has 1 fully saturated rings. The fourth-order valence-corrected chi connectivity index (χ4v) is 2.59. The van der Waals surface area contributed by atoms with Gasteiger partial charge in [0.05, 0.1) is 13.0 Å². The molecule has 0 aliphatic carbocycles. The molecule has 0 radical (unpaired) electrons. The van der Waals surface area contributed by atoms with Gasteiger partial charge in [-0.1, -0.05) is 0 Å². The number of methoxy groups -OCH3 is 1. The number of likely N-dealkylation sites (tertiary alicyclic amines) is 1. The first kappa shape index (κ1) is 24.7. The maximum absolute atomic E-state index is 11.9. The second kappa shape index (κ2) is 11.5. The second-order valence-electron chi connectivity index (χ2n) is 7.16. The van der Waals surface area contributed by atoms with Crippen molar-refractivity contribution in [1.29, 1.82) is 0 Å². The third-order valence-electron chi connectivity index (χ3n) is 3.98. The molecule has 152 valence electrons. The molecule has 0 atom stereocenters. The third kappa shape index (κ3) is 8.41. The van der Waals surface area contributed by atoms with Crippen molar-refractivity contribution in [1.82, 2.24) is 15.1 Å². The van der Waals surface area contributed by atoms with E-state index in [-0.39, 0.29) is 42.0 Å². The van der Waals surface area contributed by atoms with E-state index in [2.05, 4.69) is 15.2 Å². The van der Waals surface area contributed by atoms with Crippen molar-refractivity contribution in [3.05, 3.63) is 0 Å². The summed E-state index contributed by atoms with van der Waals surface area (Å²) in [5.74, 6) is 0.611. The summed E-state index contributed by atoms with van der Waals surface area (Å²) >= 11 is 0. The fraction of sp³-hybridized carbons (Fsp3) is 0.824. The molecule has 9 heteroatoms. The average Bonchev–Trinajstić information content (AvgIpc) is 2.56. The molecule has 0 aromatic rings. The molecule has 0 aromatic heterocycles. The Morgan fingerprint density at radius 3 is 2.31 bits per heavy atom. The van der Waals surface area contributed by atoms with E-state index in [1.165, 1.54) is 12.0 Å². The maximum Gasteiger partial charge on any atom is 0.410 e. The molecule has 0 bridgehead atoms. The van der Waals surface area contributed by atoms with Gasteiger partial charge in [0, 0.05) is 40.3 Å². The van der Waals surface area contributed by atoms with Crippen LogP contribution in [0.4, 0.5) is 4.79 Å². The van der Waals surface area contributed by atoms with E-state index in [0.29, 0.717) is 13.1 Å². The SMILES string of the molecule is CN=C(NCCN(C)C(=O)OC(C)(C)C)N1CCC(C(=O)OC)CC1.I. The van der Waals surface area contributed by atoms with Crippen molar-refractivity contribution in [2.24, 2.45) is 10.9 Å². The van der Waals surface area contributed by atoms with E-state index < -0.39 is 5.60 Å². The van der Waals surface area contributed by atoms with Crippen molar-refractivity contribution in [3.8, 4) is 0 Å². The zero-order valence-electron chi connectivity index (χ0n) is 16.7. The molecule has 8 nitrogen and oxygen atoms in total. The minimum atomic E-state index is -0.501. The van der Waals surface area contributed by atoms with Gasteiger partial charge in [0.15, 0.2) is 5.96 Å². The monoisotopic (exact) mass is 484 g/mol. The predicted molar refractivity (Wildman–Crippen MR) is 112 cm³/mol. The molecular weight excluding hydrogens is 451 g/mol. The van der Waals surface area contributed by atoms with Gasteiger partial charge in [0.2, 0.25) is 0 Å². The van der Waals surface area contributed by atoms with Crippen molar-refractivity contribution in [2.45, 2.75) is 39.2 Å². The highest BCUT2D eigenvalue weighted by Crippen LogP contribution is 2.18. The Labute approximate surface area is 173 Å². The summed E-state index contributed by atoms with van der Waals surface area (Å²) in [6.07, 6.45) is 1.17. The molecule has 1 rings (SSSR count). The number of carbonyl (C=O) groups is 2. The molecule has 0 aromatic carbocycles. The predicted octanol–water partition coefficient (Wildman–Crippen LogP) is 1.93. The molecule has 0 spiro atoms. The summed E-state index contributed by atoms with van der Waals surface area (Å²) in [4.78, 5) is 31.5. The number of likely N-dealkylation sites (N-methyl/N-ethyl adjacent to an activating group) is 1. The number of halogens is 1. The molecule has 1 N–H and O–H groups in total. The fourth-order valence-electron chi connectivity index (χ4n) is 2.59. The lowest BCUT2D eigenvalue weighted by atomic mass is 9.97. The highest BCUT2D eigenvalue weighted by molar-refractivity contribution is 14.0. The van der Waals surface area contributed by atoms with Gasteiger partial charge >= 0.3 is 12.1 Å². The number of rotatable bonds is 4. The van der Waals surface area contributed by atoms with Crippen LogP contribution in [-0.2, 0) is 14.3 Å². The van der Waals surface area contributed by atoms with Gasteiger partial charge in [-0.15, -0.1) is 24.0 Å². The molecule has 1 saturated heterocycles. The number of carbonyl (C=O) groups excluding carboxylic acids is 2. The first-order valence-corrected chi connectivity index (χ1v) is 8.65. The minimum Gasteiger partial charge on any atom is -0.469 e. The van der Waals surface area contributed by atoms with Crippen LogP contribution in [0.15, 0.2) is 4.99 Å². The van der Waals surface area contributed by atoms with Crippen LogP contribution in [0, 0.1) is 5.92 Å². The van der Waals surface area contributed by atoms with E-state index >= 15 is 0 Å². The highest BCUT2D eigenvalue weighted by atomic mass is 127. The Hall–Kier alpha value is -1.26.